The van der Waals surface area contributed by atoms with Crippen LogP contribution in [0.1, 0.15) is 10.5 Å². The van der Waals surface area contributed by atoms with Crippen molar-refractivity contribution < 1.29 is 9.90 Å². The molecule has 1 aromatic carbocycles. The van der Waals surface area contributed by atoms with Crippen molar-refractivity contribution in [1.82, 2.24) is 9.97 Å². The minimum Gasteiger partial charge on any atom is -0.477 e. The van der Waals surface area contributed by atoms with E-state index in [2.05, 4.69) is 9.97 Å². The van der Waals surface area contributed by atoms with E-state index >= 15 is 0 Å². The smallest absolute Gasteiger partial charge is 0.354 e. The maximum Gasteiger partial charge on any atom is 0.354 e. The van der Waals surface area contributed by atoms with Gasteiger partial charge in [-0.15, -0.1) is 0 Å². The van der Waals surface area contributed by atoms with Gasteiger partial charge in [-0.1, -0.05) is 23.7 Å². The Labute approximate surface area is 156 Å². The summed E-state index contributed by atoms with van der Waals surface area (Å²) in [6.45, 7) is 0. The Bertz CT molecular complexity index is 576. The standard InChI is InChI=1S/C11H6Cl2N2O2.K/c12-7-3-1-6(2-4-7)8-5-9(10(16)17)15-11(13)14-8;/h1-5H,(H,16,17);. The average molecular weight is 308 g/mol. The van der Waals surface area contributed by atoms with Crippen molar-refractivity contribution in [2.24, 2.45) is 0 Å². The number of benzene rings is 1. The normalized spacial score (nSPS) is 9.67. The topological polar surface area (TPSA) is 63.1 Å². The van der Waals surface area contributed by atoms with Crippen LogP contribution in [0, 0.1) is 0 Å². The Hall–Kier alpha value is -0.0136. The molecule has 0 spiro atoms. The molecule has 1 aromatic heterocycles. The summed E-state index contributed by atoms with van der Waals surface area (Å²) >= 11 is 11.4. The van der Waals surface area contributed by atoms with Crippen LogP contribution in [0.3, 0.4) is 0 Å². The minimum atomic E-state index is -1.15. The fourth-order valence-corrected chi connectivity index (χ4v) is 1.60. The molecule has 0 fully saturated rings. The molecule has 0 bridgehead atoms. The summed E-state index contributed by atoms with van der Waals surface area (Å²) in [5, 5.41) is 9.34. The van der Waals surface area contributed by atoms with Crippen LogP contribution >= 0.6 is 23.2 Å². The third kappa shape index (κ3) is 3.99. The van der Waals surface area contributed by atoms with Gasteiger partial charge in [-0.3, -0.25) is 0 Å². The van der Waals surface area contributed by atoms with E-state index < -0.39 is 5.97 Å². The second-order valence-electron chi connectivity index (χ2n) is 3.22. The predicted octanol–water partition coefficient (Wildman–Crippen LogP) is 2.77. The molecule has 0 aliphatic carbocycles. The number of rotatable bonds is 2. The van der Waals surface area contributed by atoms with Crippen LogP contribution in [0.15, 0.2) is 30.3 Å². The molecule has 0 aliphatic rings. The van der Waals surface area contributed by atoms with Crippen LogP contribution in [0.25, 0.3) is 11.3 Å². The molecule has 0 unspecified atom stereocenters. The van der Waals surface area contributed by atoms with Gasteiger partial charge >= 0.3 is 5.97 Å². The van der Waals surface area contributed by atoms with Crippen molar-refractivity contribution in [3.8, 4) is 11.3 Å². The summed E-state index contributed by atoms with van der Waals surface area (Å²) in [7, 11) is 0. The SMILES string of the molecule is O=C(O)c1cc(-c2ccc(Cl)cc2)nc(Cl)n1.[K]. The molecule has 0 atom stereocenters. The van der Waals surface area contributed by atoms with Crippen molar-refractivity contribution in [2.75, 3.05) is 0 Å². The monoisotopic (exact) mass is 307 g/mol. The van der Waals surface area contributed by atoms with Crippen LogP contribution in [0.5, 0.6) is 0 Å². The Balaban J connectivity index is 0.00000162. The van der Waals surface area contributed by atoms with E-state index in [0.29, 0.717) is 10.7 Å². The van der Waals surface area contributed by atoms with E-state index in [1.54, 1.807) is 24.3 Å². The molecule has 1 heterocycles. The first-order valence-electron chi connectivity index (χ1n) is 4.60. The number of nitrogens with zero attached hydrogens (tertiary/aromatic N) is 2. The summed E-state index contributed by atoms with van der Waals surface area (Å²) in [6.07, 6.45) is 0. The van der Waals surface area contributed by atoms with E-state index in [1.807, 2.05) is 0 Å². The van der Waals surface area contributed by atoms with Crippen molar-refractivity contribution in [2.45, 2.75) is 0 Å². The number of hydrogen-bond acceptors (Lipinski definition) is 3. The Morgan fingerprint density at radius 2 is 1.72 bits per heavy atom. The number of aromatic nitrogens is 2. The third-order valence-electron chi connectivity index (χ3n) is 2.06. The Morgan fingerprint density at radius 1 is 1.11 bits per heavy atom. The average Bonchev–Trinajstić information content (AvgIpc) is 2.29. The van der Waals surface area contributed by atoms with Gasteiger partial charge in [-0.05, 0) is 29.8 Å². The van der Waals surface area contributed by atoms with Crippen molar-refractivity contribution >= 4 is 80.6 Å². The maximum absolute atomic E-state index is 10.8. The van der Waals surface area contributed by atoms with Crippen molar-refractivity contribution in [3.05, 3.63) is 46.3 Å². The molecule has 2 rings (SSSR count). The zero-order chi connectivity index (χ0) is 12.4. The van der Waals surface area contributed by atoms with Crippen LogP contribution in [-0.4, -0.2) is 72.4 Å². The fraction of sp³-hybridized carbons (Fsp3) is 0. The molecule has 0 aliphatic heterocycles. The van der Waals surface area contributed by atoms with Gasteiger partial charge in [0.2, 0.25) is 5.28 Å². The summed E-state index contributed by atoms with van der Waals surface area (Å²) in [6, 6.07) is 8.19. The van der Waals surface area contributed by atoms with Gasteiger partial charge in [0.25, 0.3) is 0 Å². The number of aromatic carboxylic acids is 1. The van der Waals surface area contributed by atoms with Gasteiger partial charge < -0.3 is 5.11 Å². The van der Waals surface area contributed by atoms with Crippen LogP contribution < -0.4 is 0 Å². The first-order valence-corrected chi connectivity index (χ1v) is 5.35. The molecule has 0 saturated heterocycles. The Morgan fingerprint density at radius 3 is 2.28 bits per heavy atom. The minimum absolute atomic E-state index is 0. The second kappa shape index (κ2) is 6.95. The molecule has 87 valence electrons. The van der Waals surface area contributed by atoms with Gasteiger partial charge in [-0.2, -0.15) is 0 Å². The number of carboxylic acids is 1. The number of carbonyl (C=O) groups is 1. The molecule has 7 heteroatoms. The van der Waals surface area contributed by atoms with Crippen molar-refractivity contribution in [1.29, 1.82) is 0 Å². The summed E-state index contributed by atoms with van der Waals surface area (Å²) in [5.74, 6) is -1.15. The van der Waals surface area contributed by atoms with E-state index in [-0.39, 0.29) is 62.4 Å². The van der Waals surface area contributed by atoms with Crippen LogP contribution in [-0.2, 0) is 0 Å². The van der Waals surface area contributed by atoms with Gasteiger partial charge in [0.1, 0.15) is 0 Å². The molecule has 4 nitrogen and oxygen atoms in total. The number of halogens is 2. The zero-order valence-corrected chi connectivity index (χ0v) is 14.0. The molecule has 2 aromatic rings. The quantitative estimate of drug-likeness (QED) is 0.684. The van der Waals surface area contributed by atoms with E-state index in [9.17, 15) is 4.79 Å². The first kappa shape index (κ1) is 16.0. The largest absolute Gasteiger partial charge is 0.477 e. The molecule has 18 heavy (non-hydrogen) atoms. The summed E-state index contributed by atoms with van der Waals surface area (Å²) in [4.78, 5) is 18.4. The molecular weight excluding hydrogens is 302 g/mol. The van der Waals surface area contributed by atoms with E-state index in [1.165, 1.54) is 6.07 Å². The van der Waals surface area contributed by atoms with Gasteiger partial charge in [0.05, 0.1) is 5.69 Å². The third-order valence-corrected chi connectivity index (χ3v) is 2.48. The molecular formula is C11H6Cl2KN2O2. The number of hydrogen-bond donors (Lipinski definition) is 1. The molecule has 0 amide bonds. The number of carboxylic acid groups (broad SMARTS) is 1. The molecule has 1 radical (unpaired) electrons. The summed E-state index contributed by atoms with van der Waals surface area (Å²) in [5.41, 5.74) is 1.02. The maximum atomic E-state index is 10.8. The van der Waals surface area contributed by atoms with Gasteiger partial charge in [0, 0.05) is 62.0 Å². The van der Waals surface area contributed by atoms with Gasteiger partial charge in [0.15, 0.2) is 5.69 Å². The second-order valence-corrected chi connectivity index (χ2v) is 3.99. The van der Waals surface area contributed by atoms with Crippen LogP contribution in [0.2, 0.25) is 10.3 Å². The van der Waals surface area contributed by atoms with E-state index in [0.717, 1.165) is 5.56 Å². The zero-order valence-electron chi connectivity index (χ0n) is 9.39. The van der Waals surface area contributed by atoms with Crippen LogP contribution in [0.4, 0.5) is 0 Å². The predicted molar refractivity (Wildman–Crippen MR) is 70.2 cm³/mol. The summed E-state index contributed by atoms with van der Waals surface area (Å²) < 4.78 is 0. The fourth-order valence-electron chi connectivity index (χ4n) is 1.30. The van der Waals surface area contributed by atoms with Gasteiger partial charge in [-0.25, -0.2) is 14.8 Å². The molecule has 0 saturated carbocycles. The first-order chi connectivity index (χ1) is 8.06. The van der Waals surface area contributed by atoms with Crippen molar-refractivity contribution in [3.63, 3.8) is 0 Å². The molecule has 1 N–H and O–H groups in total. The van der Waals surface area contributed by atoms with E-state index in [4.69, 9.17) is 28.3 Å². The Kier molecular flexibility index (Phi) is 6.20.